The van der Waals surface area contributed by atoms with E-state index in [4.69, 9.17) is 28.9 Å². The third kappa shape index (κ3) is 2.70. The number of halogens is 2. The predicted octanol–water partition coefficient (Wildman–Crippen LogP) is 5.45. The lowest BCUT2D eigenvalue weighted by atomic mass is 9.99. The van der Waals surface area contributed by atoms with Gasteiger partial charge in [-0.3, -0.25) is 0 Å². The van der Waals surface area contributed by atoms with Gasteiger partial charge in [0, 0.05) is 20.8 Å². The van der Waals surface area contributed by atoms with Gasteiger partial charge >= 0.3 is 0 Å². The van der Waals surface area contributed by atoms with E-state index < -0.39 is 0 Å². The molecule has 0 aliphatic carbocycles. The molecule has 0 saturated carbocycles. The predicted molar refractivity (Wildman–Crippen MR) is 88.9 cm³/mol. The molecule has 0 radical (unpaired) electrons. The Balaban J connectivity index is 1.91. The maximum absolute atomic E-state index is 6.36. The maximum atomic E-state index is 6.36. The van der Waals surface area contributed by atoms with Crippen molar-refractivity contribution in [2.75, 3.05) is 0 Å². The largest absolute Gasteiger partial charge is 0.324 e. The molecule has 0 aliphatic rings. The molecule has 1 aromatic heterocycles. The van der Waals surface area contributed by atoms with E-state index in [1.54, 1.807) is 17.4 Å². The molecule has 3 aromatic rings. The molecule has 0 amide bonds. The van der Waals surface area contributed by atoms with Gasteiger partial charge in [-0.25, -0.2) is 0 Å². The molecule has 0 aliphatic heterocycles. The molecule has 2 aromatic carbocycles. The van der Waals surface area contributed by atoms with Crippen molar-refractivity contribution in [1.29, 1.82) is 0 Å². The molecule has 1 atom stereocenters. The Labute approximate surface area is 131 Å². The Morgan fingerprint density at radius 1 is 1.10 bits per heavy atom. The molecule has 0 fully saturated rings. The number of hydrogen-bond acceptors (Lipinski definition) is 2. The average Bonchev–Trinajstić information content (AvgIpc) is 2.86. The number of hydrogen-bond donors (Lipinski definition) is 1. The fourth-order valence-electron chi connectivity index (χ4n) is 2.32. The standard InChI is InChI=1S/C16H13Cl2NS/c17-11-6-5-10(14(18)8-11)7-15(19)13-9-20-16-4-2-1-3-12(13)16/h1-6,8-9,15H,7,19H2. The highest BCUT2D eigenvalue weighted by atomic mass is 35.5. The van der Waals surface area contributed by atoms with Crippen molar-refractivity contribution in [3.8, 4) is 0 Å². The number of thiophene rings is 1. The molecule has 102 valence electrons. The van der Waals surface area contributed by atoms with Gasteiger partial charge in [-0.15, -0.1) is 11.3 Å². The van der Waals surface area contributed by atoms with E-state index in [0.717, 1.165) is 5.56 Å². The number of benzene rings is 2. The topological polar surface area (TPSA) is 26.0 Å². The van der Waals surface area contributed by atoms with E-state index >= 15 is 0 Å². The van der Waals surface area contributed by atoms with Crippen molar-refractivity contribution in [3.05, 3.63) is 69.0 Å². The molecule has 1 unspecified atom stereocenters. The van der Waals surface area contributed by atoms with Gasteiger partial charge in [0.05, 0.1) is 0 Å². The highest BCUT2D eigenvalue weighted by molar-refractivity contribution is 7.17. The zero-order valence-electron chi connectivity index (χ0n) is 10.6. The van der Waals surface area contributed by atoms with Gasteiger partial charge in [-0.1, -0.05) is 47.5 Å². The fourth-order valence-corrected chi connectivity index (χ4v) is 3.83. The Morgan fingerprint density at radius 2 is 1.90 bits per heavy atom. The smallest absolute Gasteiger partial charge is 0.0453 e. The summed E-state index contributed by atoms with van der Waals surface area (Å²) < 4.78 is 1.26. The second-order valence-electron chi connectivity index (χ2n) is 4.73. The van der Waals surface area contributed by atoms with Crippen LogP contribution in [0.25, 0.3) is 10.1 Å². The zero-order valence-corrected chi connectivity index (χ0v) is 13.0. The third-order valence-corrected chi connectivity index (χ3v) is 4.93. The summed E-state index contributed by atoms with van der Waals surface area (Å²) in [5.74, 6) is 0. The molecule has 4 heteroatoms. The van der Waals surface area contributed by atoms with Gasteiger partial charge in [0.25, 0.3) is 0 Å². The summed E-state index contributed by atoms with van der Waals surface area (Å²) in [7, 11) is 0. The van der Waals surface area contributed by atoms with Crippen LogP contribution in [0.2, 0.25) is 10.0 Å². The number of fused-ring (bicyclic) bond motifs is 1. The van der Waals surface area contributed by atoms with Gasteiger partial charge in [-0.2, -0.15) is 0 Å². The quantitative estimate of drug-likeness (QED) is 0.681. The lowest BCUT2D eigenvalue weighted by Gasteiger charge is -2.12. The second-order valence-corrected chi connectivity index (χ2v) is 6.49. The first-order valence-electron chi connectivity index (χ1n) is 6.31. The van der Waals surface area contributed by atoms with E-state index in [-0.39, 0.29) is 6.04 Å². The normalized spacial score (nSPS) is 12.8. The minimum Gasteiger partial charge on any atom is -0.324 e. The maximum Gasteiger partial charge on any atom is 0.0453 e. The molecule has 20 heavy (non-hydrogen) atoms. The van der Waals surface area contributed by atoms with E-state index in [1.165, 1.54) is 15.6 Å². The molecule has 1 nitrogen and oxygen atoms in total. The summed E-state index contributed by atoms with van der Waals surface area (Å²) in [6, 6.07) is 13.8. The number of nitrogens with two attached hydrogens (primary N) is 1. The Hall–Kier alpha value is -1.06. The van der Waals surface area contributed by atoms with E-state index in [1.807, 2.05) is 24.3 Å². The zero-order chi connectivity index (χ0) is 14.1. The molecular formula is C16H13Cl2NS. The summed E-state index contributed by atoms with van der Waals surface area (Å²) in [5.41, 5.74) is 8.56. The van der Waals surface area contributed by atoms with Crippen molar-refractivity contribution in [1.82, 2.24) is 0 Å². The average molecular weight is 322 g/mol. The second kappa shape index (κ2) is 5.74. The van der Waals surface area contributed by atoms with Crippen LogP contribution in [0.5, 0.6) is 0 Å². The van der Waals surface area contributed by atoms with Gasteiger partial charge in [0.15, 0.2) is 0 Å². The summed E-state index contributed by atoms with van der Waals surface area (Å²) in [5, 5.41) is 4.69. The Bertz CT molecular complexity index is 751. The van der Waals surface area contributed by atoms with E-state index in [0.29, 0.717) is 16.5 Å². The molecule has 1 heterocycles. The van der Waals surface area contributed by atoms with Crippen LogP contribution in [0.3, 0.4) is 0 Å². The van der Waals surface area contributed by atoms with Crippen molar-refractivity contribution in [2.45, 2.75) is 12.5 Å². The monoisotopic (exact) mass is 321 g/mol. The van der Waals surface area contributed by atoms with Crippen molar-refractivity contribution in [3.63, 3.8) is 0 Å². The third-order valence-electron chi connectivity index (χ3n) is 3.37. The molecule has 0 spiro atoms. The lowest BCUT2D eigenvalue weighted by molar-refractivity contribution is 0.730. The van der Waals surface area contributed by atoms with E-state index in [9.17, 15) is 0 Å². The molecule has 2 N–H and O–H groups in total. The summed E-state index contributed by atoms with van der Waals surface area (Å²) >= 11 is 13.9. The van der Waals surface area contributed by atoms with Gasteiger partial charge in [0.2, 0.25) is 0 Å². The van der Waals surface area contributed by atoms with Crippen LogP contribution in [0, 0.1) is 0 Å². The molecule has 0 saturated heterocycles. The minimum atomic E-state index is -0.0650. The molecule has 3 rings (SSSR count). The van der Waals surface area contributed by atoms with Crippen LogP contribution in [0.4, 0.5) is 0 Å². The van der Waals surface area contributed by atoms with Crippen LogP contribution in [0.1, 0.15) is 17.2 Å². The van der Waals surface area contributed by atoms with Crippen molar-refractivity contribution in [2.24, 2.45) is 5.73 Å². The van der Waals surface area contributed by atoms with E-state index in [2.05, 4.69) is 17.5 Å². The SMILES string of the molecule is NC(Cc1ccc(Cl)cc1Cl)c1csc2ccccc12. The highest BCUT2D eigenvalue weighted by Gasteiger charge is 2.14. The fraction of sp³-hybridized carbons (Fsp3) is 0.125. The van der Waals surface area contributed by atoms with Crippen LogP contribution < -0.4 is 5.73 Å². The van der Waals surface area contributed by atoms with Gasteiger partial charge in [0.1, 0.15) is 0 Å². The summed E-state index contributed by atoms with van der Waals surface area (Å²) in [4.78, 5) is 0. The first-order valence-corrected chi connectivity index (χ1v) is 7.94. The summed E-state index contributed by atoms with van der Waals surface area (Å²) in [6.07, 6.45) is 0.705. The first-order chi connectivity index (χ1) is 9.65. The van der Waals surface area contributed by atoms with Crippen LogP contribution >= 0.6 is 34.5 Å². The Morgan fingerprint density at radius 3 is 2.70 bits per heavy atom. The number of rotatable bonds is 3. The Kier molecular flexibility index (Phi) is 3.99. The molecule has 0 bridgehead atoms. The van der Waals surface area contributed by atoms with Crippen LogP contribution in [0.15, 0.2) is 47.8 Å². The first kappa shape index (κ1) is 13.9. The minimum absolute atomic E-state index is 0.0650. The molecular weight excluding hydrogens is 309 g/mol. The van der Waals surface area contributed by atoms with Crippen LogP contribution in [-0.4, -0.2) is 0 Å². The van der Waals surface area contributed by atoms with Gasteiger partial charge in [-0.05, 0) is 46.5 Å². The van der Waals surface area contributed by atoms with Crippen molar-refractivity contribution >= 4 is 44.6 Å². The van der Waals surface area contributed by atoms with Crippen LogP contribution in [-0.2, 0) is 6.42 Å². The van der Waals surface area contributed by atoms with Gasteiger partial charge < -0.3 is 5.73 Å². The lowest BCUT2D eigenvalue weighted by Crippen LogP contribution is -2.13. The van der Waals surface area contributed by atoms with Crippen molar-refractivity contribution < 1.29 is 0 Å². The summed E-state index contributed by atoms with van der Waals surface area (Å²) in [6.45, 7) is 0. The highest BCUT2D eigenvalue weighted by Crippen LogP contribution is 2.32.